The lowest BCUT2D eigenvalue weighted by Crippen LogP contribution is -2.49. The van der Waals surface area contributed by atoms with Crippen molar-refractivity contribution in [1.29, 1.82) is 0 Å². The largest absolute Gasteiger partial charge is 0.396 e. The molecule has 2 aliphatic rings. The van der Waals surface area contributed by atoms with E-state index in [1.54, 1.807) is 0 Å². The quantitative estimate of drug-likeness (QED) is 0.807. The van der Waals surface area contributed by atoms with Crippen molar-refractivity contribution in [2.45, 2.75) is 31.7 Å². The summed E-state index contributed by atoms with van der Waals surface area (Å²) < 4.78 is 5.59. The minimum Gasteiger partial charge on any atom is -0.396 e. The lowest BCUT2D eigenvalue weighted by Gasteiger charge is -2.42. The van der Waals surface area contributed by atoms with E-state index in [9.17, 15) is 5.11 Å². The Balaban J connectivity index is 1.86. The van der Waals surface area contributed by atoms with Gasteiger partial charge in [-0.15, -0.1) is 0 Å². The molecular formula is C14H28N2O2. The van der Waals surface area contributed by atoms with Gasteiger partial charge in [0, 0.05) is 24.6 Å². The van der Waals surface area contributed by atoms with E-state index in [0.29, 0.717) is 6.04 Å². The maximum Gasteiger partial charge on any atom is 0.0556 e. The van der Waals surface area contributed by atoms with Gasteiger partial charge in [-0.25, -0.2) is 0 Å². The standard InChI is InChI=1S/C14H28N2O2/c1-15-7-4-13(5-8-15)16(2)10-14(11-17)6-3-9-18-12-14/h13,17H,3-12H2,1-2H3. The van der Waals surface area contributed by atoms with Crippen molar-refractivity contribution in [1.82, 2.24) is 9.80 Å². The zero-order chi connectivity index (χ0) is 13.0. The molecule has 0 aromatic carbocycles. The van der Waals surface area contributed by atoms with Gasteiger partial charge in [-0.2, -0.15) is 0 Å². The molecule has 0 amide bonds. The fourth-order valence-electron chi connectivity index (χ4n) is 3.30. The van der Waals surface area contributed by atoms with Gasteiger partial charge in [0.2, 0.25) is 0 Å². The summed E-state index contributed by atoms with van der Waals surface area (Å²) >= 11 is 0. The second-order valence-electron chi connectivity index (χ2n) is 6.26. The van der Waals surface area contributed by atoms with E-state index in [-0.39, 0.29) is 12.0 Å². The second-order valence-corrected chi connectivity index (χ2v) is 6.26. The van der Waals surface area contributed by atoms with Gasteiger partial charge in [-0.05, 0) is 52.9 Å². The summed E-state index contributed by atoms with van der Waals surface area (Å²) in [4.78, 5) is 4.85. The van der Waals surface area contributed by atoms with Gasteiger partial charge in [-0.1, -0.05) is 0 Å². The number of aliphatic hydroxyl groups is 1. The van der Waals surface area contributed by atoms with Crippen LogP contribution in [0, 0.1) is 5.41 Å². The van der Waals surface area contributed by atoms with Gasteiger partial charge in [0.25, 0.3) is 0 Å². The third kappa shape index (κ3) is 3.44. The fourth-order valence-corrected chi connectivity index (χ4v) is 3.30. The molecule has 4 heteroatoms. The summed E-state index contributed by atoms with van der Waals surface area (Å²) in [5, 5.41) is 9.72. The second kappa shape index (κ2) is 6.33. The van der Waals surface area contributed by atoms with Crippen LogP contribution in [0.1, 0.15) is 25.7 Å². The van der Waals surface area contributed by atoms with Crippen molar-refractivity contribution in [2.24, 2.45) is 5.41 Å². The molecular weight excluding hydrogens is 228 g/mol. The molecule has 0 aliphatic carbocycles. The Bertz CT molecular complexity index is 246. The highest BCUT2D eigenvalue weighted by atomic mass is 16.5. The zero-order valence-electron chi connectivity index (χ0n) is 11.9. The Labute approximate surface area is 111 Å². The number of aliphatic hydroxyl groups excluding tert-OH is 1. The molecule has 0 saturated carbocycles. The first kappa shape index (κ1) is 14.3. The molecule has 106 valence electrons. The SMILES string of the molecule is CN1CCC(N(C)CC2(CO)CCCOC2)CC1. The van der Waals surface area contributed by atoms with Crippen molar-refractivity contribution >= 4 is 0 Å². The van der Waals surface area contributed by atoms with Crippen LogP contribution < -0.4 is 0 Å². The molecule has 2 saturated heterocycles. The molecule has 1 atom stereocenters. The van der Waals surface area contributed by atoms with Gasteiger partial charge in [-0.3, -0.25) is 0 Å². The Morgan fingerprint density at radius 2 is 2.11 bits per heavy atom. The van der Waals surface area contributed by atoms with E-state index in [1.807, 2.05) is 0 Å². The van der Waals surface area contributed by atoms with Gasteiger partial charge < -0.3 is 19.6 Å². The molecule has 0 bridgehead atoms. The average Bonchev–Trinajstić information content (AvgIpc) is 2.40. The normalized spacial score (nSPS) is 32.0. The number of likely N-dealkylation sites (tertiary alicyclic amines) is 1. The van der Waals surface area contributed by atoms with Crippen molar-refractivity contribution in [2.75, 3.05) is 53.6 Å². The van der Waals surface area contributed by atoms with Gasteiger partial charge in [0.1, 0.15) is 0 Å². The third-order valence-corrected chi connectivity index (χ3v) is 4.64. The Morgan fingerprint density at radius 3 is 2.67 bits per heavy atom. The highest BCUT2D eigenvalue weighted by Gasteiger charge is 2.35. The molecule has 0 aromatic rings. The number of hydrogen-bond acceptors (Lipinski definition) is 4. The maximum atomic E-state index is 9.72. The number of piperidine rings is 1. The third-order valence-electron chi connectivity index (χ3n) is 4.64. The Hall–Kier alpha value is -0.160. The van der Waals surface area contributed by atoms with Crippen LogP contribution in [0.4, 0.5) is 0 Å². The topological polar surface area (TPSA) is 35.9 Å². The molecule has 1 N–H and O–H groups in total. The van der Waals surface area contributed by atoms with Gasteiger partial charge >= 0.3 is 0 Å². The Morgan fingerprint density at radius 1 is 1.39 bits per heavy atom. The minimum atomic E-state index is -0.0175. The first-order valence-electron chi connectivity index (χ1n) is 7.23. The predicted octanol–water partition coefficient (Wildman–Crippen LogP) is 0.802. The van der Waals surface area contributed by atoms with Crippen molar-refractivity contribution < 1.29 is 9.84 Å². The smallest absolute Gasteiger partial charge is 0.0556 e. The van der Waals surface area contributed by atoms with Crippen LogP contribution >= 0.6 is 0 Å². The van der Waals surface area contributed by atoms with Crippen molar-refractivity contribution in [3.05, 3.63) is 0 Å². The molecule has 0 aromatic heterocycles. The highest BCUT2D eigenvalue weighted by molar-refractivity contribution is 4.87. The van der Waals surface area contributed by atoms with E-state index in [0.717, 1.165) is 32.6 Å². The van der Waals surface area contributed by atoms with Crippen LogP contribution in [0.15, 0.2) is 0 Å². The summed E-state index contributed by atoms with van der Waals surface area (Å²) in [6.07, 6.45) is 4.67. The van der Waals surface area contributed by atoms with Crippen LogP contribution in [0.3, 0.4) is 0 Å². The monoisotopic (exact) mass is 256 g/mol. The molecule has 1 unspecified atom stereocenters. The van der Waals surface area contributed by atoms with Gasteiger partial charge in [0.05, 0.1) is 13.2 Å². The molecule has 0 spiro atoms. The lowest BCUT2D eigenvalue weighted by molar-refractivity contribution is -0.0596. The van der Waals surface area contributed by atoms with Crippen LogP contribution in [0.2, 0.25) is 0 Å². The number of hydrogen-bond donors (Lipinski definition) is 1. The number of nitrogens with zero attached hydrogens (tertiary/aromatic N) is 2. The minimum absolute atomic E-state index is 0.0175. The number of ether oxygens (including phenoxy) is 1. The lowest BCUT2D eigenvalue weighted by atomic mass is 9.82. The molecule has 2 rings (SSSR count). The molecule has 2 fully saturated rings. The summed E-state index contributed by atoms with van der Waals surface area (Å²) in [7, 11) is 4.41. The van der Waals surface area contributed by atoms with E-state index >= 15 is 0 Å². The summed E-state index contributed by atoms with van der Waals surface area (Å²) in [6, 6.07) is 0.673. The van der Waals surface area contributed by atoms with Crippen LogP contribution in [0.5, 0.6) is 0 Å². The van der Waals surface area contributed by atoms with E-state index < -0.39 is 0 Å². The molecule has 2 heterocycles. The molecule has 4 nitrogen and oxygen atoms in total. The van der Waals surface area contributed by atoms with Crippen LogP contribution in [-0.2, 0) is 4.74 Å². The van der Waals surface area contributed by atoms with Crippen molar-refractivity contribution in [3.8, 4) is 0 Å². The summed E-state index contributed by atoms with van der Waals surface area (Å²) in [5.41, 5.74) is -0.0175. The zero-order valence-corrected chi connectivity index (χ0v) is 11.9. The van der Waals surface area contributed by atoms with E-state index in [1.165, 1.54) is 25.9 Å². The molecule has 18 heavy (non-hydrogen) atoms. The van der Waals surface area contributed by atoms with Crippen LogP contribution in [-0.4, -0.2) is 74.5 Å². The average molecular weight is 256 g/mol. The van der Waals surface area contributed by atoms with Crippen molar-refractivity contribution in [3.63, 3.8) is 0 Å². The number of rotatable bonds is 4. The molecule has 0 radical (unpaired) electrons. The first-order valence-corrected chi connectivity index (χ1v) is 7.23. The molecule has 2 aliphatic heterocycles. The fraction of sp³-hybridized carbons (Fsp3) is 1.00. The van der Waals surface area contributed by atoms with Crippen LogP contribution in [0.25, 0.3) is 0 Å². The van der Waals surface area contributed by atoms with E-state index in [4.69, 9.17) is 4.74 Å². The van der Waals surface area contributed by atoms with Gasteiger partial charge in [0.15, 0.2) is 0 Å². The first-order chi connectivity index (χ1) is 8.65. The summed E-state index contributed by atoms with van der Waals surface area (Å²) in [5.74, 6) is 0. The van der Waals surface area contributed by atoms with E-state index in [2.05, 4.69) is 23.9 Å². The maximum absolute atomic E-state index is 9.72. The highest BCUT2D eigenvalue weighted by Crippen LogP contribution is 2.30. The summed E-state index contributed by atoms with van der Waals surface area (Å²) in [6.45, 7) is 5.19. The Kier molecular flexibility index (Phi) is 5.01. The predicted molar refractivity (Wildman–Crippen MR) is 72.7 cm³/mol.